The third-order valence-corrected chi connectivity index (χ3v) is 3.73. The Bertz CT molecular complexity index is 472. The number of nitrogens with two attached hydrogens (primary N) is 1. The Morgan fingerprint density at radius 1 is 1.33 bits per heavy atom. The van der Waals surface area contributed by atoms with Gasteiger partial charge in [0.25, 0.3) is 0 Å². The maximum Gasteiger partial charge on any atom is 0.238 e. The molecule has 5 heteroatoms. The molecule has 0 aliphatic carbocycles. The van der Waals surface area contributed by atoms with Crippen LogP contribution in [-0.4, -0.2) is 14.5 Å². The van der Waals surface area contributed by atoms with Crippen molar-refractivity contribution in [2.24, 2.45) is 5.14 Å². The molecule has 1 aromatic rings. The maximum absolute atomic E-state index is 11.2. The van der Waals surface area contributed by atoms with E-state index in [1.165, 1.54) is 25.3 Å². The molecule has 1 atom stereocenters. The number of sulfonamides is 1. The minimum Gasteiger partial charge on any atom is -0.383 e. The van der Waals surface area contributed by atoms with Crippen molar-refractivity contribution < 1.29 is 8.42 Å². The Kier molecular flexibility index (Phi) is 5.62. The lowest BCUT2D eigenvalue weighted by Gasteiger charge is -2.15. The quantitative estimate of drug-likeness (QED) is 0.748. The van der Waals surface area contributed by atoms with E-state index in [1.807, 2.05) is 6.07 Å². The van der Waals surface area contributed by atoms with E-state index >= 15 is 0 Å². The maximum atomic E-state index is 11.2. The van der Waals surface area contributed by atoms with E-state index in [9.17, 15) is 8.42 Å². The molecule has 0 amide bonds. The van der Waals surface area contributed by atoms with Crippen LogP contribution in [0.2, 0.25) is 0 Å². The predicted octanol–water partition coefficient (Wildman–Crippen LogP) is 2.71. The molecule has 4 nitrogen and oxygen atoms in total. The molecule has 0 saturated heterocycles. The lowest BCUT2D eigenvalue weighted by molar-refractivity contribution is 0.597. The number of nitrogens with one attached hydrogen (secondary N) is 1. The summed E-state index contributed by atoms with van der Waals surface area (Å²) in [5.41, 5.74) is 0.797. The summed E-state index contributed by atoms with van der Waals surface area (Å²) in [6, 6.07) is 6.95. The largest absolute Gasteiger partial charge is 0.383 e. The van der Waals surface area contributed by atoms with Gasteiger partial charge in [0.05, 0.1) is 4.90 Å². The van der Waals surface area contributed by atoms with Gasteiger partial charge in [-0.3, -0.25) is 0 Å². The van der Waals surface area contributed by atoms with Crippen molar-refractivity contribution in [2.45, 2.75) is 50.5 Å². The summed E-state index contributed by atoms with van der Waals surface area (Å²) >= 11 is 0. The van der Waals surface area contributed by atoms with Crippen LogP contribution in [0.5, 0.6) is 0 Å². The average Bonchev–Trinajstić information content (AvgIpc) is 2.28. The second-order valence-electron chi connectivity index (χ2n) is 4.61. The third kappa shape index (κ3) is 5.06. The topological polar surface area (TPSA) is 72.2 Å². The zero-order valence-electron chi connectivity index (χ0n) is 11.0. The predicted molar refractivity (Wildman–Crippen MR) is 75.0 cm³/mol. The van der Waals surface area contributed by atoms with E-state index in [1.54, 1.807) is 12.1 Å². The lowest BCUT2D eigenvalue weighted by atomic mass is 10.1. The van der Waals surface area contributed by atoms with Crippen LogP contribution in [0.15, 0.2) is 29.2 Å². The first-order valence-electron chi connectivity index (χ1n) is 6.33. The summed E-state index contributed by atoms with van der Waals surface area (Å²) in [5, 5.41) is 8.39. The number of hydrogen-bond donors (Lipinski definition) is 2. The number of hydrogen-bond acceptors (Lipinski definition) is 3. The highest BCUT2D eigenvalue weighted by Gasteiger charge is 2.09. The second-order valence-corrected chi connectivity index (χ2v) is 6.18. The van der Waals surface area contributed by atoms with Gasteiger partial charge >= 0.3 is 0 Å². The molecular weight excluding hydrogens is 248 g/mol. The molecule has 0 aromatic heterocycles. The summed E-state index contributed by atoms with van der Waals surface area (Å²) in [5.74, 6) is 0. The van der Waals surface area contributed by atoms with Crippen LogP contribution in [0.1, 0.15) is 39.5 Å². The molecule has 0 aliphatic rings. The van der Waals surface area contributed by atoms with Gasteiger partial charge < -0.3 is 5.32 Å². The summed E-state index contributed by atoms with van der Waals surface area (Å²) in [7, 11) is -3.62. The smallest absolute Gasteiger partial charge is 0.238 e. The van der Waals surface area contributed by atoms with Crippen molar-refractivity contribution >= 4 is 15.7 Å². The fraction of sp³-hybridized carbons (Fsp3) is 0.538. The summed E-state index contributed by atoms with van der Waals surface area (Å²) in [4.78, 5) is 0.147. The number of primary sulfonamides is 1. The number of unbranched alkanes of at least 4 members (excludes halogenated alkanes) is 2. The highest BCUT2D eigenvalue weighted by atomic mass is 32.2. The standard InChI is InChI=1S/C13H22N2O2S/c1-3-4-5-7-11(2)15-12-8-6-9-13(10-12)18(14,16)17/h6,8-11,15H,3-5,7H2,1-2H3,(H2,14,16,17). The Hall–Kier alpha value is -1.07. The molecule has 102 valence electrons. The van der Waals surface area contributed by atoms with Gasteiger partial charge in [0.15, 0.2) is 0 Å². The minimum absolute atomic E-state index is 0.147. The van der Waals surface area contributed by atoms with Gasteiger partial charge in [-0.05, 0) is 31.5 Å². The molecule has 3 N–H and O–H groups in total. The van der Waals surface area contributed by atoms with Crippen molar-refractivity contribution in [3.8, 4) is 0 Å². The normalized spacial score (nSPS) is 13.3. The van der Waals surface area contributed by atoms with Crippen LogP contribution in [0, 0.1) is 0 Å². The van der Waals surface area contributed by atoms with Crippen LogP contribution in [0.25, 0.3) is 0 Å². The van der Waals surface area contributed by atoms with Crippen molar-refractivity contribution in [1.82, 2.24) is 0 Å². The van der Waals surface area contributed by atoms with E-state index in [2.05, 4.69) is 19.2 Å². The molecule has 0 bridgehead atoms. The summed E-state index contributed by atoms with van der Waals surface area (Å²) in [6.07, 6.45) is 4.68. The van der Waals surface area contributed by atoms with Gasteiger partial charge in [-0.25, -0.2) is 13.6 Å². The average molecular weight is 270 g/mol. The van der Waals surface area contributed by atoms with E-state index < -0.39 is 10.0 Å². The Morgan fingerprint density at radius 2 is 2.06 bits per heavy atom. The highest BCUT2D eigenvalue weighted by molar-refractivity contribution is 7.89. The molecule has 18 heavy (non-hydrogen) atoms. The Balaban J connectivity index is 2.62. The van der Waals surface area contributed by atoms with E-state index in [0.717, 1.165) is 12.1 Å². The molecule has 1 rings (SSSR count). The zero-order chi connectivity index (χ0) is 13.6. The third-order valence-electron chi connectivity index (χ3n) is 2.82. The fourth-order valence-corrected chi connectivity index (χ4v) is 2.38. The summed E-state index contributed by atoms with van der Waals surface area (Å²) < 4.78 is 22.5. The lowest BCUT2D eigenvalue weighted by Crippen LogP contribution is -2.16. The molecule has 1 unspecified atom stereocenters. The molecule has 0 heterocycles. The highest BCUT2D eigenvalue weighted by Crippen LogP contribution is 2.16. The first kappa shape index (κ1) is 15.0. The van der Waals surface area contributed by atoms with Gasteiger partial charge in [0.2, 0.25) is 10.0 Å². The Morgan fingerprint density at radius 3 is 2.67 bits per heavy atom. The minimum atomic E-state index is -3.62. The van der Waals surface area contributed by atoms with Gasteiger partial charge in [-0.1, -0.05) is 32.3 Å². The first-order chi connectivity index (χ1) is 8.43. The zero-order valence-corrected chi connectivity index (χ0v) is 11.8. The van der Waals surface area contributed by atoms with E-state index in [4.69, 9.17) is 5.14 Å². The van der Waals surface area contributed by atoms with Gasteiger partial charge in [-0.15, -0.1) is 0 Å². The van der Waals surface area contributed by atoms with Crippen molar-refractivity contribution in [3.05, 3.63) is 24.3 Å². The molecule has 0 radical (unpaired) electrons. The van der Waals surface area contributed by atoms with Gasteiger partial charge in [0.1, 0.15) is 0 Å². The van der Waals surface area contributed by atoms with Gasteiger partial charge in [0, 0.05) is 11.7 Å². The SMILES string of the molecule is CCCCCC(C)Nc1cccc(S(N)(=O)=O)c1. The van der Waals surface area contributed by atoms with Crippen LogP contribution >= 0.6 is 0 Å². The second kappa shape index (κ2) is 6.75. The van der Waals surface area contributed by atoms with E-state index in [0.29, 0.717) is 6.04 Å². The van der Waals surface area contributed by atoms with E-state index in [-0.39, 0.29) is 4.90 Å². The Labute approximate surface area is 110 Å². The molecule has 1 aromatic carbocycles. The first-order valence-corrected chi connectivity index (χ1v) is 7.87. The summed E-state index contributed by atoms with van der Waals surface area (Å²) in [6.45, 7) is 4.27. The monoisotopic (exact) mass is 270 g/mol. The van der Waals surface area contributed by atoms with Crippen LogP contribution in [0.4, 0.5) is 5.69 Å². The van der Waals surface area contributed by atoms with Crippen LogP contribution < -0.4 is 10.5 Å². The van der Waals surface area contributed by atoms with Gasteiger partial charge in [-0.2, -0.15) is 0 Å². The van der Waals surface area contributed by atoms with Crippen LogP contribution in [0.3, 0.4) is 0 Å². The number of benzene rings is 1. The molecule has 0 aliphatic heterocycles. The van der Waals surface area contributed by atoms with Crippen molar-refractivity contribution in [3.63, 3.8) is 0 Å². The molecule has 0 saturated carbocycles. The molecule has 0 spiro atoms. The van der Waals surface area contributed by atoms with Crippen LogP contribution in [-0.2, 0) is 10.0 Å². The van der Waals surface area contributed by atoms with Crippen molar-refractivity contribution in [1.29, 1.82) is 0 Å². The molecular formula is C13H22N2O2S. The fourth-order valence-electron chi connectivity index (χ4n) is 1.82. The number of rotatable bonds is 7. The van der Waals surface area contributed by atoms with Crippen molar-refractivity contribution in [2.75, 3.05) is 5.32 Å². The number of anilines is 1. The molecule has 0 fully saturated rings.